The van der Waals surface area contributed by atoms with Gasteiger partial charge in [-0.05, 0) is 43.2 Å². The smallest absolute Gasteiger partial charge is 0.147 e. The van der Waals surface area contributed by atoms with Gasteiger partial charge in [0.15, 0.2) is 0 Å². The molecule has 0 saturated carbocycles. The minimum Gasteiger partial charge on any atom is -0.491 e. The van der Waals surface area contributed by atoms with Crippen molar-refractivity contribution >= 4 is 33.3 Å². The number of hydrogen-bond acceptors (Lipinski definition) is 4. The Morgan fingerprint density at radius 3 is 2.87 bits per heavy atom. The molecule has 0 radical (unpaired) electrons. The number of benzene rings is 1. The summed E-state index contributed by atoms with van der Waals surface area (Å²) < 4.78 is 6.92. The Hall–Kier alpha value is -1.77. The second-order valence-corrected chi connectivity index (χ2v) is 6.72. The maximum atomic E-state index is 8.91. The third-order valence-electron chi connectivity index (χ3n) is 3.86. The second-order valence-electron chi connectivity index (χ2n) is 5.40. The van der Waals surface area contributed by atoms with Crippen LogP contribution in [0.5, 0.6) is 5.75 Å². The monoisotopic (exact) mass is 391 g/mol. The minimum atomic E-state index is 0.233. The molecule has 6 heteroatoms. The molecule has 2 aromatic rings. The topological polar surface area (TPSA) is 49.2 Å². The van der Waals surface area contributed by atoms with E-state index in [0.717, 1.165) is 35.4 Å². The van der Waals surface area contributed by atoms with Gasteiger partial charge in [0.05, 0.1) is 16.6 Å². The molecule has 1 aliphatic rings. The molecule has 1 aliphatic heterocycles. The van der Waals surface area contributed by atoms with Gasteiger partial charge in [-0.2, -0.15) is 5.26 Å². The molecule has 2 heterocycles. The highest BCUT2D eigenvalue weighted by Crippen LogP contribution is 2.30. The van der Waals surface area contributed by atoms with E-state index in [1.165, 1.54) is 0 Å². The maximum absolute atomic E-state index is 8.91. The standard InChI is InChI=1S/C17H15BrClN3O/c18-13-3-5-15(6-4-13)23-11-14-2-1-7-22(14)17-16(19)8-12(9-20)10-21-17/h3-6,8,10,14H,1-2,7,11H2/t14-/m0/s1. The molecule has 118 valence electrons. The average Bonchev–Trinajstić information content (AvgIpc) is 3.02. The van der Waals surface area contributed by atoms with Gasteiger partial charge < -0.3 is 9.64 Å². The molecule has 1 atom stereocenters. The number of nitriles is 1. The van der Waals surface area contributed by atoms with Crippen molar-refractivity contribution in [3.05, 3.63) is 51.6 Å². The van der Waals surface area contributed by atoms with Gasteiger partial charge in [-0.15, -0.1) is 0 Å². The number of nitrogens with zero attached hydrogens (tertiary/aromatic N) is 3. The number of halogens is 2. The van der Waals surface area contributed by atoms with Crippen molar-refractivity contribution in [2.45, 2.75) is 18.9 Å². The fourth-order valence-corrected chi connectivity index (χ4v) is 3.25. The second kappa shape index (κ2) is 7.20. The third-order valence-corrected chi connectivity index (χ3v) is 4.66. The molecule has 1 saturated heterocycles. The zero-order chi connectivity index (χ0) is 16.2. The van der Waals surface area contributed by atoms with Crippen LogP contribution in [0.25, 0.3) is 0 Å². The summed E-state index contributed by atoms with van der Waals surface area (Å²) in [6, 6.07) is 11.7. The highest BCUT2D eigenvalue weighted by atomic mass is 79.9. The number of pyridine rings is 1. The van der Waals surface area contributed by atoms with Crippen molar-refractivity contribution < 1.29 is 4.74 Å². The predicted molar refractivity (Wildman–Crippen MR) is 94.0 cm³/mol. The summed E-state index contributed by atoms with van der Waals surface area (Å²) in [5.74, 6) is 1.58. The zero-order valence-electron chi connectivity index (χ0n) is 12.4. The third kappa shape index (κ3) is 3.77. The lowest BCUT2D eigenvalue weighted by molar-refractivity contribution is 0.288. The normalized spacial score (nSPS) is 17.1. The van der Waals surface area contributed by atoms with Crippen molar-refractivity contribution in [2.75, 3.05) is 18.1 Å². The Balaban J connectivity index is 1.70. The first-order valence-corrected chi connectivity index (χ1v) is 8.55. The summed E-state index contributed by atoms with van der Waals surface area (Å²) in [4.78, 5) is 6.53. The Bertz CT molecular complexity index is 730. The molecule has 3 rings (SSSR count). The lowest BCUT2D eigenvalue weighted by Gasteiger charge is -2.26. The molecule has 1 aromatic carbocycles. The van der Waals surface area contributed by atoms with Crippen LogP contribution in [0.2, 0.25) is 5.02 Å². The first kappa shape index (κ1) is 16.1. The molecule has 0 bridgehead atoms. The SMILES string of the molecule is N#Cc1cnc(N2CCC[C@H]2COc2ccc(Br)cc2)c(Cl)c1. The van der Waals surface area contributed by atoms with Gasteiger partial charge in [-0.25, -0.2) is 4.98 Å². The number of ether oxygens (including phenoxy) is 1. The Morgan fingerprint density at radius 1 is 1.39 bits per heavy atom. The van der Waals surface area contributed by atoms with Crippen molar-refractivity contribution in [1.82, 2.24) is 4.98 Å². The van der Waals surface area contributed by atoms with E-state index >= 15 is 0 Å². The van der Waals surface area contributed by atoms with Crippen molar-refractivity contribution in [3.8, 4) is 11.8 Å². The van der Waals surface area contributed by atoms with Crippen LogP contribution in [0.1, 0.15) is 18.4 Å². The van der Waals surface area contributed by atoms with Crippen LogP contribution >= 0.6 is 27.5 Å². The van der Waals surface area contributed by atoms with Crippen LogP contribution in [-0.2, 0) is 0 Å². The van der Waals surface area contributed by atoms with Gasteiger partial charge in [-0.1, -0.05) is 27.5 Å². The molecule has 0 spiro atoms. The summed E-state index contributed by atoms with van der Waals surface area (Å²) in [6.45, 7) is 1.48. The number of anilines is 1. The fourth-order valence-electron chi connectivity index (χ4n) is 2.71. The molecule has 0 amide bonds. The fraction of sp³-hybridized carbons (Fsp3) is 0.294. The summed E-state index contributed by atoms with van der Waals surface area (Å²) in [6.07, 6.45) is 3.67. The van der Waals surface area contributed by atoms with E-state index in [4.69, 9.17) is 21.6 Å². The minimum absolute atomic E-state index is 0.233. The molecular formula is C17H15BrClN3O. The average molecular weight is 393 g/mol. The van der Waals surface area contributed by atoms with Gasteiger partial charge in [0.2, 0.25) is 0 Å². The molecule has 4 nitrogen and oxygen atoms in total. The first-order chi connectivity index (χ1) is 11.2. The number of hydrogen-bond donors (Lipinski definition) is 0. The quantitative estimate of drug-likeness (QED) is 0.773. The Labute approximate surface area is 148 Å². The molecule has 0 aliphatic carbocycles. The van der Waals surface area contributed by atoms with Crippen LogP contribution < -0.4 is 9.64 Å². The highest BCUT2D eigenvalue weighted by Gasteiger charge is 2.28. The van der Waals surface area contributed by atoms with E-state index in [9.17, 15) is 0 Å². The lowest BCUT2D eigenvalue weighted by atomic mass is 10.2. The zero-order valence-corrected chi connectivity index (χ0v) is 14.7. The molecule has 1 aromatic heterocycles. The lowest BCUT2D eigenvalue weighted by Crippen LogP contribution is -2.35. The molecule has 0 N–H and O–H groups in total. The number of aromatic nitrogens is 1. The molecule has 0 unspecified atom stereocenters. The van der Waals surface area contributed by atoms with Gasteiger partial charge in [0.25, 0.3) is 0 Å². The summed E-state index contributed by atoms with van der Waals surface area (Å²) >= 11 is 9.70. The van der Waals surface area contributed by atoms with Crippen LogP contribution in [-0.4, -0.2) is 24.2 Å². The highest BCUT2D eigenvalue weighted by molar-refractivity contribution is 9.10. The van der Waals surface area contributed by atoms with Crippen molar-refractivity contribution in [3.63, 3.8) is 0 Å². The van der Waals surface area contributed by atoms with Crippen LogP contribution in [0.4, 0.5) is 5.82 Å². The first-order valence-electron chi connectivity index (χ1n) is 7.38. The summed E-state index contributed by atoms with van der Waals surface area (Å²) in [5, 5.41) is 9.43. The molecular weight excluding hydrogens is 378 g/mol. The predicted octanol–water partition coefficient (Wildman–Crippen LogP) is 4.42. The van der Waals surface area contributed by atoms with E-state index in [0.29, 0.717) is 17.2 Å². The molecule has 1 fully saturated rings. The van der Waals surface area contributed by atoms with Crippen LogP contribution in [0, 0.1) is 11.3 Å². The number of rotatable bonds is 4. The van der Waals surface area contributed by atoms with Gasteiger partial charge in [-0.3, -0.25) is 0 Å². The van der Waals surface area contributed by atoms with Gasteiger partial charge in [0, 0.05) is 17.2 Å². The maximum Gasteiger partial charge on any atom is 0.147 e. The molecule has 23 heavy (non-hydrogen) atoms. The Kier molecular flexibility index (Phi) is 5.04. The van der Waals surface area contributed by atoms with E-state index < -0.39 is 0 Å². The van der Waals surface area contributed by atoms with Crippen molar-refractivity contribution in [2.24, 2.45) is 0 Å². The van der Waals surface area contributed by atoms with E-state index in [1.807, 2.05) is 24.3 Å². The van der Waals surface area contributed by atoms with Gasteiger partial charge >= 0.3 is 0 Å². The summed E-state index contributed by atoms with van der Waals surface area (Å²) in [5.41, 5.74) is 0.473. The largest absolute Gasteiger partial charge is 0.491 e. The Morgan fingerprint density at radius 2 is 2.17 bits per heavy atom. The summed E-state index contributed by atoms with van der Waals surface area (Å²) in [7, 11) is 0. The van der Waals surface area contributed by atoms with Crippen LogP contribution in [0.3, 0.4) is 0 Å². The van der Waals surface area contributed by atoms with Crippen molar-refractivity contribution in [1.29, 1.82) is 5.26 Å². The van der Waals surface area contributed by atoms with Gasteiger partial charge in [0.1, 0.15) is 24.2 Å². The van der Waals surface area contributed by atoms with E-state index in [-0.39, 0.29) is 6.04 Å². The van der Waals surface area contributed by atoms with Crippen LogP contribution in [0.15, 0.2) is 41.0 Å². The van der Waals surface area contributed by atoms with E-state index in [1.54, 1.807) is 12.3 Å². The van der Waals surface area contributed by atoms with E-state index in [2.05, 4.69) is 31.9 Å².